The fraction of sp³-hybridized carbons (Fsp3) is 0.692. The summed E-state index contributed by atoms with van der Waals surface area (Å²) in [6, 6.07) is 0. The van der Waals surface area contributed by atoms with E-state index in [1.807, 2.05) is 7.05 Å². The molecule has 0 radical (unpaired) electrons. The van der Waals surface area contributed by atoms with Crippen LogP contribution in [0.4, 0.5) is 5.82 Å². The van der Waals surface area contributed by atoms with Gasteiger partial charge in [0.15, 0.2) is 0 Å². The molecule has 1 aromatic heterocycles. The zero-order chi connectivity index (χ0) is 12.3. The summed E-state index contributed by atoms with van der Waals surface area (Å²) in [5.74, 6) is 2.53. The molecule has 1 N–H and O–H groups in total. The first kappa shape index (κ1) is 12.8. The maximum Gasteiger partial charge on any atom is 0.144 e. The molecule has 0 amide bonds. The summed E-state index contributed by atoms with van der Waals surface area (Å²) in [4.78, 5) is 9.38. The number of aromatic nitrogens is 2. The Bertz CT molecular complexity index is 361. The zero-order valence-electron chi connectivity index (χ0n) is 10.6. The Hall–Kier alpha value is -0.640. The lowest BCUT2D eigenvalue weighted by atomic mass is 9.88. The molecule has 0 atom stereocenters. The van der Waals surface area contributed by atoms with E-state index in [1.54, 1.807) is 0 Å². The van der Waals surface area contributed by atoms with E-state index in [9.17, 15) is 0 Å². The average molecular weight is 298 g/mol. The van der Waals surface area contributed by atoms with Crippen molar-refractivity contribution in [1.29, 1.82) is 0 Å². The molecule has 0 aromatic carbocycles. The Morgan fingerprint density at radius 1 is 1.24 bits per heavy atom. The molecule has 0 saturated heterocycles. The van der Waals surface area contributed by atoms with Crippen molar-refractivity contribution in [2.75, 3.05) is 12.4 Å². The van der Waals surface area contributed by atoms with Gasteiger partial charge < -0.3 is 5.32 Å². The van der Waals surface area contributed by atoms with Gasteiger partial charge in [0, 0.05) is 13.0 Å². The third kappa shape index (κ3) is 2.79. The first-order valence-corrected chi connectivity index (χ1v) is 7.29. The minimum atomic E-state index is 0.564. The fourth-order valence-electron chi connectivity index (χ4n) is 2.46. The SMILES string of the molecule is CCc1nc(C2CCCCC2)nc(NC)c1Br. The minimum absolute atomic E-state index is 0.564. The number of aryl methyl sites for hydroxylation is 1. The second kappa shape index (κ2) is 5.80. The predicted molar refractivity (Wildman–Crippen MR) is 74.5 cm³/mol. The van der Waals surface area contributed by atoms with Crippen LogP contribution in [-0.4, -0.2) is 17.0 Å². The van der Waals surface area contributed by atoms with Crippen LogP contribution in [0.1, 0.15) is 56.5 Å². The molecule has 0 spiro atoms. The Balaban J connectivity index is 2.33. The van der Waals surface area contributed by atoms with Gasteiger partial charge in [-0.1, -0.05) is 26.2 Å². The van der Waals surface area contributed by atoms with Crippen LogP contribution in [-0.2, 0) is 6.42 Å². The number of halogens is 1. The summed E-state index contributed by atoms with van der Waals surface area (Å²) in [5.41, 5.74) is 1.12. The molecule has 1 fully saturated rings. The second-order valence-corrected chi connectivity index (χ2v) is 5.42. The van der Waals surface area contributed by atoms with E-state index in [-0.39, 0.29) is 0 Å². The molecule has 0 bridgehead atoms. The van der Waals surface area contributed by atoms with Gasteiger partial charge in [0.1, 0.15) is 11.6 Å². The van der Waals surface area contributed by atoms with Crippen LogP contribution >= 0.6 is 15.9 Å². The molecule has 17 heavy (non-hydrogen) atoms. The molecule has 1 heterocycles. The number of anilines is 1. The summed E-state index contributed by atoms with van der Waals surface area (Å²) < 4.78 is 1.02. The Morgan fingerprint density at radius 2 is 1.94 bits per heavy atom. The van der Waals surface area contributed by atoms with E-state index < -0.39 is 0 Å². The molecule has 0 unspecified atom stereocenters. The van der Waals surface area contributed by atoms with E-state index in [0.717, 1.165) is 28.2 Å². The molecule has 1 aliphatic carbocycles. The quantitative estimate of drug-likeness (QED) is 0.920. The van der Waals surface area contributed by atoms with Gasteiger partial charge >= 0.3 is 0 Å². The largest absolute Gasteiger partial charge is 0.372 e. The van der Waals surface area contributed by atoms with E-state index in [4.69, 9.17) is 4.98 Å². The normalized spacial score (nSPS) is 17.1. The molecule has 1 aromatic rings. The third-order valence-electron chi connectivity index (χ3n) is 3.48. The first-order valence-electron chi connectivity index (χ1n) is 6.50. The lowest BCUT2D eigenvalue weighted by Crippen LogP contribution is -2.12. The molecule has 1 saturated carbocycles. The Morgan fingerprint density at radius 3 is 2.53 bits per heavy atom. The van der Waals surface area contributed by atoms with Crippen LogP contribution in [0.5, 0.6) is 0 Å². The van der Waals surface area contributed by atoms with Crippen LogP contribution in [0.2, 0.25) is 0 Å². The Labute approximate surface area is 112 Å². The topological polar surface area (TPSA) is 37.8 Å². The van der Waals surface area contributed by atoms with E-state index in [2.05, 4.69) is 33.2 Å². The second-order valence-electron chi connectivity index (χ2n) is 4.63. The number of hydrogen-bond donors (Lipinski definition) is 1. The molecule has 94 valence electrons. The third-order valence-corrected chi connectivity index (χ3v) is 4.31. The van der Waals surface area contributed by atoms with Crippen molar-refractivity contribution in [3.63, 3.8) is 0 Å². The molecule has 1 aliphatic rings. The average Bonchev–Trinajstić information content (AvgIpc) is 2.40. The Kier molecular flexibility index (Phi) is 4.37. The lowest BCUT2D eigenvalue weighted by Gasteiger charge is -2.21. The van der Waals surface area contributed by atoms with Crippen molar-refractivity contribution >= 4 is 21.7 Å². The summed E-state index contributed by atoms with van der Waals surface area (Å²) in [6.07, 6.45) is 7.44. The molecule has 3 nitrogen and oxygen atoms in total. The van der Waals surface area contributed by atoms with Crippen LogP contribution < -0.4 is 5.32 Å². The van der Waals surface area contributed by atoms with Gasteiger partial charge in [-0.25, -0.2) is 9.97 Å². The molecule has 0 aliphatic heterocycles. The predicted octanol–water partition coefficient (Wildman–Crippen LogP) is 3.89. The minimum Gasteiger partial charge on any atom is -0.372 e. The van der Waals surface area contributed by atoms with Gasteiger partial charge in [0.25, 0.3) is 0 Å². The van der Waals surface area contributed by atoms with Gasteiger partial charge in [0.2, 0.25) is 0 Å². The van der Waals surface area contributed by atoms with Crippen LogP contribution in [0.15, 0.2) is 4.47 Å². The zero-order valence-corrected chi connectivity index (χ0v) is 12.2. The number of nitrogens with one attached hydrogen (secondary N) is 1. The van der Waals surface area contributed by atoms with Gasteiger partial charge in [-0.3, -0.25) is 0 Å². The summed E-state index contributed by atoms with van der Waals surface area (Å²) in [7, 11) is 1.91. The summed E-state index contributed by atoms with van der Waals surface area (Å²) in [5, 5.41) is 3.15. The lowest BCUT2D eigenvalue weighted by molar-refractivity contribution is 0.428. The van der Waals surface area contributed by atoms with Crippen LogP contribution in [0.3, 0.4) is 0 Å². The van der Waals surface area contributed by atoms with Gasteiger partial charge in [0.05, 0.1) is 10.2 Å². The van der Waals surface area contributed by atoms with Crippen molar-refractivity contribution in [2.45, 2.75) is 51.4 Å². The highest BCUT2D eigenvalue weighted by atomic mass is 79.9. The summed E-state index contributed by atoms with van der Waals surface area (Å²) in [6.45, 7) is 2.14. The molecular formula is C13H20BrN3. The smallest absolute Gasteiger partial charge is 0.144 e. The van der Waals surface area contributed by atoms with E-state index >= 15 is 0 Å². The van der Waals surface area contributed by atoms with E-state index in [1.165, 1.54) is 32.1 Å². The van der Waals surface area contributed by atoms with Gasteiger partial charge in [-0.2, -0.15) is 0 Å². The van der Waals surface area contributed by atoms with Crippen molar-refractivity contribution in [3.05, 3.63) is 16.0 Å². The van der Waals surface area contributed by atoms with Crippen LogP contribution in [0, 0.1) is 0 Å². The highest BCUT2D eigenvalue weighted by molar-refractivity contribution is 9.10. The molecule has 2 rings (SSSR count). The number of nitrogens with zero attached hydrogens (tertiary/aromatic N) is 2. The molecular weight excluding hydrogens is 278 g/mol. The number of hydrogen-bond acceptors (Lipinski definition) is 3. The monoisotopic (exact) mass is 297 g/mol. The van der Waals surface area contributed by atoms with E-state index in [0.29, 0.717) is 5.92 Å². The van der Waals surface area contributed by atoms with Crippen molar-refractivity contribution in [2.24, 2.45) is 0 Å². The standard InChI is InChI=1S/C13H20BrN3/c1-3-10-11(14)13(15-2)17-12(16-10)9-7-5-4-6-8-9/h9H,3-8H2,1-2H3,(H,15,16,17). The van der Waals surface area contributed by atoms with Crippen LogP contribution in [0.25, 0.3) is 0 Å². The maximum atomic E-state index is 4.73. The highest BCUT2D eigenvalue weighted by Crippen LogP contribution is 2.33. The van der Waals surface area contributed by atoms with Gasteiger partial charge in [-0.15, -0.1) is 0 Å². The van der Waals surface area contributed by atoms with Crippen molar-refractivity contribution < 1.29 is 0 Å². The van der Waals surface area contributed by atoms with Crippen molar-refractivity contribution in [1.82, 2.24) is 9.97 Å². The fourth-order valence-corrected chi connectivity index (χ4v) is 3.11. The highest BCUT2D eigenvalue weighted by Gasteiger charge is 2.20. The number of rotatable bonds is 3. The maximum absolute atomic E-state index is 4.73. The molecule has 4 heteroatoms. The summed E-state index contributed by atoms with van der Waals surface area (Å²) >= 11 is 3.57. The first-order chi connectivity index (χ1) is 8.26. The van der Waals surface area contributed by atoms with Gasteiger partial charge in [-0.05, 0) is 35.2 Å². The van der Waals surface area contributed by atoms with Crippen molar-refractivity contribution in [3.8, 4) is 0 Å².